The fourth-order valence-electron chi connectivity index (χ4n) is 2.63. The van der Waals surface area contributed by atoms with Gasteiger partial charge in [-0.2, -0.15) is 0 Å². The molecule has 0 bridgehead atoms. The smallest absolute Gasteiger partial charge is 0.315 e. The van der Waals surface area contributed by atoms with Gasteiger partial charge in [-0.1, -0.05) is 52.3 Å². The van der Waals surface area contributed by atoms with Crippen LogP contribution in [0.3, 0.4) is 0 Å². The Bertz CT molecular complexity index is 826. The summed E-state index contributed by atoms with van der Waals surface area (Å²) in [6.45, 7) is 3.85. The molecule has 0 aliphatic carbocycles. The molecule has 2 aromatic carbocycles. The largest absolute Gasteiger partial charge is 0.459 e. The molecular weight excluding hydrogens is 368 g/mol. The summed E-state index contributed by atoms with van der Waals surface area (Å²) in [5.41, 5.74) is 1.85. The second kappa shape index (κ2) is 7.09. The maximum atomic E-state index is 12.3. The number of fused-ring (bicyclic) bond motifs is 1. The lowest BCUT2D eigenvalue weighted by molar-refractivity contribution is 0.233. The quantitative estimate of drug-likeness (QED) is 0.637. The van der Waals surface area contributed by atoms with Crippen molar-refractivity contribution in [1.29, 1.82) is 0 Å². The Labute approximate surface area is 149 Å². The van der Waals surface area contributed by atoms with Gasteiger partial charge in [0.15, 0.2) is 0 Å². The highest BCUT2D eigenvalue weighted by Gasteiger charge is 2.16. The minimum absolute atomic E-state index is 0.108. The van der Waals surface area contributed by atoms with Crippen LogP contribution >= 0.6 is 15.9 Å². The van der Waals surface area contributed by atoms with Crippen LogP contribution in [0.25, 0.3) is 11.0 Å². The first-order valence-corrected chi connectivity index (χ1v) is 8.64. The molecular formula is C19H19BrN2O2. The van der Waals surface area contributed by atoms with Gasteiger partial charge in [0.25, 0.3) is 0 Å². The summed E-state index contributed by atoms with van der Waals surface area (Å²) in [6, 6.07) is 17.0. The van der Waals surface area contributed by atoms with Crippen LogP contribution < -0.4 is 10.6 Å². The molecule has 0 radical (unpaired) electrons. The molecule has 0 saturated carbocycles. The Morgan fingerprint density at radius 2 is 1.67 bits per heavy atom. The Morgan fingerprint density at radius 1 is 1.00 bits per heavy atom. The van der Waals surface area contributed by atoms with Crippen LogP contribution in [0.2, 0.25) is 0 Å². The van der Waals surface area contributed by atoms with E-state index in [4.69, 9.17) is 4.42 Å². The van der Waals surface area contributed by atoms with Crippen LogP contribution in [0.4, 0.5) is 4.79 Å². The summed E-state index contributed by atoms with van der Waals surface area (Å²) in [4.78, 5) is 12.3. The number of benzene rings is 2. The zero-order valence-corrected chi connectivity index (χ0v) is 15.1. The second-order valence-corrected chi connectivity index (χ2v) is 6.62. The lowest BCUT2D eigenvalue weighted by Crippen LogP contribution is -2.38. The first-order valence-electron chi connectivity index (χ1n) is 7.84. The molecule has 0 saturated heterocycles. The zero-order valence-electron chi connectivity index (χ0n) is 13.5. The lowest BCUT2D eigenvalue weighted by Gasteiger charge is -2.18. The maximum absolute atomic E-state index is 12.3. The van der Waals surface area contributed by atoms with Gasteiger partial charge in [0.2, 0.25) is 0 Å². The van der Waals surface area contributed by atoms with Gasteiger partial charge < -0.3 is 15.1 Å². The normalized spacial score (nSPS) is 13.5. The van der Waals surface area contributed by atoms with Gasteiger partial charge >= 0.3 is 6.03 Å². The minimum Gasteiger partial charge on any atom is -0.459 e. The van der Waals surface area contributed by atoms with Crippen molar-refractivity contribution < 1.29 is 9.21 Å². The number of hydrogen-bond donors (Lipinski definition) is 2. The van der Waals surface area contributed by atoms with Crippen LogP contribution in [0.15, 0.2) is 63.5 Å². The summed E-state index contributed by atoms with van der Waals surface area (Å²) in [7, 11) is 0. The summed E-state index contributed by atoms with van der Waals surface area (Å²) in [5.74, 6) is 0.736. The molecule has 3 aromatic rings. The Balaban J connectivity index is 1.64. The van der Waals surface area contributed by atoms with Crippen molar-refractivity contribution in [3.8, 4) is 0 Å². The number of furan rings is 1. The number of urea groups is 1. The molecule has 0 fully saturated rings. The van der Waals surface area contributed by atoms with Crippen LogP contribution in [0.1, 0.15) is 37.3 Å². The topological polar surface area (TPSA) is 54.3 Å². The van der Waals surface area contributed by atoms with Gasteiger partial charge in [0.05, 0.1) is 12.1 Å². The van der Waals surface area contributed by atoms with Crippen molar-refractivity contribution in [2.24, 2.45) is 0 Å². The van der Waals surface area contributed by atoms with E-state index in [1.165, 1.54) is 0 Å². The number of amides is 2. The first-order chi connectivity index (χ1) is 11.5. The molecule has 0 spiro atoms. The molecule has 0 unspecified atom stereocenters. The predicted octanol–water partition coefficient (Wildman–Crippen LogP) is 5.32. The van der Waals surface area contributed by atoms with Crippen molar-refractivity contribution in [3.05, 3.63) is 70.4 Å². The van der Waals surface area contributed by atoms with Gasteiger partial charge in [-0.15, -0.1) is 0 Å². The molecule has 3 rings (SSSR count). The Hall–Kier alpha value is -2.27. The molecule has 5 heteroatoms. The number of rotatable bonds is 4. The maximum Gasteiger partial charge on any atom is 0.315 e. The van der Waals surface area contributed by atoms with E-state index in [0.717, 1.165) is 26.8 Å². The van der Waals surface area contributed by atoms with Gasteiger partial charge in [-0.25, -0.2) is 4.79 Å². The number of para-hydroxylation sites is 1. The van der Waals surface area contributed by atoms with Crippen molar-refractivity contribution in [2.75, 3.05) is 0 Å². The van der Waals surface area contributed by atoms with E-state index >= 15 is 0 Å². The number of carbonyl (C=O) groups is 1. The van der Waals surface area contributed by atoms with E-state index in [9.17, 15) is 4.79 Å². The van der Waals surface area contributed by atoms with Gasteiger partial charge in [-0.05, 0) is 37.6 Å². The van der Waals surface area contributed by atoms with Crippen LogP contribution in [0.5, 0.6) is 0 Å². The van der Waals surface area contributed by atoms with E-state index < -0.39 is 0 Å². The number of nitrogens with one attached hydrogen (secondary N) is 2. The highest BCUT2D eigenvalue weighted by Crippen LogP contribution is 2.24. The third-order valence-electron chi connectivity index (χ3n) is 3.94. The van der Waals surface area contributed by atoms with E-state index in [1.807, 2.05) is 68.4 Å². The molecule has 24 heavy (non-hydrogen) atoms. The van der Waals surface area contributed by atoms with Gasteiger partial charge in [0, 0.05) is 9.86 Å². The molecule has 1 aromatic heterocycles. The summed E-state index contributed by atoms with van der Waals surface area (Å²) in [5, 5.41) is 6.90. The number of hydrogen-bond acceptors (Lipinski definition) is 2. The Kier molecular flexibility index (Phi) is 4.90. The molecule has 0 aliphatic heterocycles. The number of carbonyl (C=O) groups excluding carboxylic acids is 1. The van der Waals surface area contributed by atoms with Crippen molar-refractivity contribution >= 4 is 32.9 Å². The average molecular weight is 387 g/mol. The van der Waals surface area contributed by atoms with Crippen LogP contribution in [-0.4, -0.2) is 6.03 Å². The minimum atomic E-state index is -0.230. The third-order valence-corrected chi connectivity index (χ3v) is 4.66. The SMILES string of the molecule is C[C@H](NC(=O)N[C@@H](C)c1ccccc1Br)c1cc2ccccc2o1. The molecule has 0 aliphatic rings. The molecule has 2 amide bonds. The first kappa shape index (κ1) is 16.6. The summed E-state index contributed by atoms with van der Waals surface area (Å²) < 4.78 is 6.76. The lowest BCUT2D eigenvalue weighted by atomic mass is 10.1. The molecule has 2 N–H and O–H groups in total. The predicted molar refractivity (Wildman–Crippen MR) is 98.9 cm³/mol. The summed E-state index contributed by atoms with van der Waals surface area (Å²) in [6.07, 6.45) is 0. The molecule has 124 valence electrons. The highest BCUT2D eigenvalue weighted by molar-refractivity contribution is 9.10. The fourth-order valence-corrected chi connectivity index (χ4v) is 3.25. The second-order valence-electron chi connectivity index (χ2n) is 5.77. The average Bonchev–Trinajstić information content (AvgIpc) is 2.99. The standard InChI is InChI=1S/C19H19BrN2O2/c1-12(15-8-4-5-9-16(15)20)21-19(23)22-13(2)18-11-14-7-3-6-10-17(14)24-18/h3-13H,1-2H3,(H2,21,22,23)/t12-,13-/m0/s1. The number of halogens is 1. The van der Waals surface area contributed by atoms with E-state index in [1.54, 1.807) is 0 Å². The molecule has 2 atom stereocenters. The monoisotopic (exact) mass is 386 g/mol. The van der Waals surface area contributed by atoms with Crippen LogP contribution in [-0.2, 0) is 0 Å². The van der Waals surface area contributed by atoms with Gasteiger partial charge in [0.1, 0.15) is 11.3 Å². The Morgan fingerprint density at radius 3 is 2.42 bits per heavy atom. The van der Waals surface area contributed by atoms with Crippen molar-refractivity contribution in [2.45, 2.75) is 25.9 Å². The third kappa shape index (κ3) is 3.62. The van der Waals surface area contributed by atoms with Gasteiger partial charge in [-0.3, -0.25) is 0 Å². The van der Waals surface area contributed by atoms with Crippen LogP contribution in [0, 0.1) is 0 Å². The fraction of sp³-hybridized carbons (Fsp3) is 0.211. The molecule has 4 nitrogen and oxygen atoms in total. The van der Waals surface area contributed by atoms with E-state index in [0.29, 0.717) is 0 Å². The van der Waals surface area contributed by atoms with Crippen molar-refractivity contribution in [1.82, 2.24) is 10.6 Å². The van der Waals surface area contributed by atoms with Crippen molar-refractivity contribution in [3.63, 3.8) is 0 Å². The van der Waals surface area contributed by atoms with E-state index in [-0.39, 0.29) is 18.1 Å². The highest BCUT2D eigenvalue weighted by atomic mass is 79.9. The summed E-state index contributed by atoms with van der Waals surface area (Å²) >= 11 is 3.51. The molecule has 1 heterocycles. The zero-order chi connectivity index (χ0) is 17.1. The van der Waals surface area contributed by atoms with E-state index in [2.05, 4.69) is 26.6 Å².